The van der Waals surface area contributed by atoms with E-state index in [4.69, 9.17) is 5.11 Å². The molecule has 1 aliphatic rings. The van der Waals surface area contributed by atoms with Crippen molar-refractivity contribution in [1.82, 2.24) is 5.32 Å². The summed E-state index contributed by atoms with van der Waals surface area (Å²) in [4.78, 5) is 10.5. The van der Waals surface area contributed by atoms with Gasteiger partial charge in [0.15, 0.2) is 5.71 Å². The Balaban J connectivity index is 2.85. The molecule has 0 aromatic carbocycles. The van der Waals surface area contributed by atoms with Gasteiger partial charge in [-0.2, -0.15) is 12.8 Å². The van der Waals surface area contributed by atoms with Gasteiger partial charge in [-0.3, -0.25) is 0 Å². The van der Waals surface area contributed by atoms with Gasteiger partial charge in [0.05, 0.1) is 4.91 Å². The van der Waals surface area contributed by atoms with Crippen molar-refractivity contribution < 1.29 is 18.3 Å². The summed E-state index contributed by atoms with van der Waals surface area (Å²) in [6.07, 6.45) is 1.08. The highest BCUT2D eigenvalue weighted by atomic mass is 32.2. The van der Waals surface area contributed by atoms with Crippen LogP contribution in [0.5, 0.6) is 0 Å². The second-order valence-electron chi connectivity index (χ2n) is 3.40. The molecule has 6 nitrogen and oxygen atoms in total. The lowest BCUT2D eigenvalue weighted by Crippen LogP contribution is -2.26. The molecule has 0 saturated heterocycles. The molecule has 0 atom stereocenters. The number of rotatable bonds is 4. The van der Waals surface area contributed by atoms with Crippen molar-refractivity contribution in [2.75, 3.05) is 6.54 Å². The van der Waals surface area contributed by atoms with Gasteiger partial charge in [-0.15, -0.1) is 0 Å². The third-order valence-corrected chi connectivity index (χ3v) is 3.11. The summed E-state index contributed by atoms with van der Waals surface area (Å²) in [6, 6.07) is 0.120. The molecule has 0 fully saturated rings. The fourth-order valence-electron chi connectivity index (χ4n) is 0.989. The minimum absolute atomic E-state index is 0.00593. The van der Waals surface area contributed by atoms with Crippen LogP contribution in [0.15, 0.2) is 15.4 Å². The van der Waals surface area contributed by atoms with Crippen LogP contribution in [-0.2, 0) is 14.8 Å². The number of aliphatic carboxylic acids is 1. The molecule has 1 rings (SSSR count). The molecular weight excluding hydrogens is 220 g/mol. The molecule has 0 saturated carbocycles. The van der Waals surface area contributed by atoms with Crippen LogP contribution in [0, 0.1) is 0 Å². The molecule has 0 unspecified atom stereocenters. The maximum atomic E-state index is 11.3. The summed E-state index contributed by atoms with van der Waals surface area (Å²) < 4.78 is 25.8. The van der Waals surface area contributed by atoms with Gasteiger partial charge in [0.25, 0.3) is 10.0 Å². The summed E-state index contributed by atoms with van der Waals surface area (Å²) in [5.74, 6) is -1.34. The third kappa shape index (κ3) is 2.87. The molecular formula is C8H12N2O4S. The second kappa shape index (κ2) is 4.11. The second-order valence-corrected chi connectivity index (χ2v) is 5.06. The molecule has 0 aromatic heterocycles. The predicted octanol–water partition coefficient (Wildman–Crippen LogP) is -0.263. The van der Waals surface area contributed by atoms with E-state index in [9.17, 15) is 13.2 Å². The van der Waals surface area contributed by atoms with Crippen molar-refractivity contribution in [2.45, 2.75) is 19.9 Å². The van der Waals surface area contributed by atoms with Gasteiger partial charge in [0.2, 0.25) is 0 Å². The summed E-state index contributed by atoms with van der Waals surface area (Å²) in [5.41, 5.74) is -0.435. The Morgan fingerprint density at radius 2 is 2.20 bits per heavy atom. The predicted molar refractivity (Wildman–Crippen MR) is 55.2 cm³/mol. The summed E-state index contributed by atoms with van der Waals surface area (Å²) in [5, 5.41) is 11.5. The van der Waals surface area contributed by atoms with Gasteiger partial charge in [0.1, 0.15) is 0 Å². The number of sulfonamides is 1. The van der Waals surface area contributed by atoms with Crippen LogP contribution in [0.1, 0.15) is 13.8 Å². The van der Waals surface area contributed by atoms with Crippen LogP contribution >= 0.6 is 0 Å². The van der Waals surface area contributed by atoms with E-state index < -0.39 is 21.7 Å². The number of nitrogens with zero attached hydrogens (tertiary/aromatic N) is 1. The van der Waals surface area contributed by atoms with Gasteiger partial charge in [-0.1, -0.05) is 13.8 Å². The van der Waals surface area contributed by atoms with Crippen LogP contribution in [-0.4, -0.2) is 37.8 Å². The Morgan fingerprint density at radius 3 is 2.60 bits per heavy atom. The summed E-state index contributed by atoms with van der Waals surface area (Å²) in [6.45, 7) is 3.82. The normalized spacial score (nSPS) is 18.9. The number of carbonyl (C=O) groups is 1. The Labute approximate surface area is 87.8 Å². The van der Waals surface area contributed by atoms with E-state index in [2.05, 4.69) is 9.71 Å². The van der Waals surface area contributed by atoms with Crippen molar-refractivity contribution in [1.29, 1.82) is 0 Å². The van der Waals surface area contributed by atoms with Crippen LogP contribution in [0.25, 0.3) is 0 Å². The van der Waals surface area contributed by atoms with E-state index in [1.54, 1.807) is 0 Å². The van der Waals surface area contributed by atoms with E-state index in [1.807, 2.05) is 13.8 Å². The topological polar surface area (TPSA) is 95.8 Å². The molecule has 1 aliphatic heterocycles. The van der Waals surface area contributed by atoms with Crippen LogP contribution in [0.3, 0.4) is 0 Å². The maximum absolute atomic E-state index is 11.3. The zero-order valence-electron chi connectivity index (χ0n) is 8.39. The number of carboxylic acids is 1. The first-order valence-electron chi connectivity index (χ1n) is 4.35. The van der Waals surface area contributed by atoms with Crippen molar-refractivity contribution >= 4 is 21.7 Å². The van der Waals surface area contributed by atoms with Gasteiger partial charge in [-0.05, 0) is 6.08 Å². The van der Waals surface area contributed by atoms with Gasteiger partial charge in [-0.25, -0.2) is 4.79 Å². The first-order valence-corrected chi connectivity index (χ1v) is 5.79. The minimum atomic E-state index is -3.77. The number of hydrogen-bond donors (Lipinski definition) is 2. The summed E-state index contributed by atoms with van der Waals surface area (Å²) in [7, 11) is -3.77. The molecule has 0 amide bonds. The van der Waals surface area contributed by atoms with Crippen molar-refractivity contribution in [3.05, 3.63) is 11.0 Å². The maximum Gasteiger partial charge on any atom is 0.355 e. The van der Waals surface area contributed by atoms with E-state index in [0.717, 1.165) is 6.08 Å². The van der Waals surface area contributed by atoms with Crippen LogP contribution in [0.4, 0.5) is 0 Å². The van der Waals surface area contributed by atoms with E-state index >= 15 is 0 Å². The average Bonchev–Trinajstić information content (AvgIpc) is 2.37. The van der Waals surface area contributed by atoms with E-state index in [0.29, 0.717) is 0 Å². The number of nitrogens with one attached hydrogen (secondary N) is 1. The molecule has 2 N–H and O–H groups in total. The minimum Gasteiger partial charge on any atom is -0.476 e. The molecule has 0 bridgehead atoms. The highest BCUT2D eigenvalue weighted by Gasteiger charge is 2.27. The molecule has 1 heterocycles. The third-order valence-electron chi connectivity index (χ3n) is 1.75. The Bertz CT molecular complexity index is 434. The zero-order chi connectivity index (χ0) is 11.6. The number of carboxylic acid groups (broad SMARTS) is 1. The van der Waals surface area contributed by atoms with Crippen molar-refractivity contribution in [2.24, 2.45) is 4.40 Å². The Kier molecular flexibility index (Phi) is 3.25. The number of hydrogen-bond acceptors (Lipinski definition) is 4. The van der Waals surface area contributed by atoms with Gasteiger partial charge >= 0.3 is 5.97 Å². The highest BCUT2D eigenvalue weighted by Crippen LogP contribution is 2.16. The first kappa shape index (κ1) is 11.9. The highest BCUT2D eigenvalue weighted by molar-refractivity contribution is 7.94. The first-order chi connectivity index (χ1) is 6.83. The lowest BCUT2D eigenvalue weighted by atomic mass is 10.3. The van der Waals surface area contributed by atoms with Crippen molar-refractivity contribution in [3.8, 4) is 0 Å². The Morgan fingerprint density at radius 1 is 1.60 bits per heavy atom. The molecule has 0 aliphatic carbocycles. The van der Waals surface area contributed by atoms with Gasteiger partial charge in [0, 0.05) is 12.6 Å². The van der Waals surface area contributed by atoms with E-state index in [1.165, 1.54) is 0 Å². The van der Waals surface area contributed by atoms with Gasteiger partial charge < -0.3 is 10.4 Å². The lowest BCUT2D eigenvalue weighted by molar-refractivity contribution is -0.129. The standard InChI is InChI=1S/C8H12N2O4S/c1-5(2)9-4-6-3-7(8(11)12)10-15(6,13)14/h3,5,9H,4H2,1-2H3,(H,11,12). The molecule has 0 spiro atoms. The molecule has 0 radical (unpaired) electrons. The van der Waals surface area contributed by atoms with Crippen molar-refractivity contribution in [3.63, 3.8) is 0 Å². The average molecular weight is 232 g/mol. The lowest BCUT2D eigenvalue weighted by Gasteiger charge is -2.06. The largest absolute Gasteiger partial charge is 0.476 e. The van der Waals surface area contributed by atoms with Crippen LogP contribution < -0.4 is 5.32 Å². The van der Waals surface area contributed by atoms with Crippen LogP contribution in [0.2, 0.25) is 0 Å². The fraction of sp³-hybridized carbons (Fsp3) is 0.500. The Hall–Kier alpha value is -1.21. The molecule has 7 heteroatoms. The molecule has 84 valence electrons. The SMILES string of the molecule is CC(C)NCC1=CC(C(=O)O)=NS1(=O)=O. The molecule has 0 aromatic rings. The smallest absolute Gasteiger partial charge is 0.355 e. The van der Waals surface area contributed by atoms with E-state index in [-0.39, 0.29) is 17.5 Å². The quantitative estimate of drug-likeness (QED) is 0.696. The zero-order valence-corrected chi connectivity index (χ0v) is 9.21. The summed E-state index contributed by atoms with van der Waals surface area (Å²) >= 11 is 0. The monoisotopic (exact) mass is 232 g/mol. The molecule has 15 heavy (non-hydrogen) atoms. The fourth-order valence-corrected chi connectivity index (χ4v) is 2.02.